The molecule has 1 aromatic carbocycles. The Balaban J connectivity index is 0.00000341. The number of aromatic nitrogens is 1. The molecular formula is C20H26IN5O3S2. The van der Waals surface area contributed by atoms with Crippen molar-refractivity contribution in [3.05, 3.63) is 69.6 Å². The van der Waals surface area contributed by atoms with E-state index >= 15 is 0 Å². The van der Waals surface area contributed by atoms with Gasteiger partial charge in [0.1, 0.15) is 10.8 Å². The molecule has 3 rings (SSSR count). The number of nitrogens with one attached hydrogen (secondary N) is 2. The Morgan fingerprint density at radius 1 is 1.19 bits per heavy atom. The van der Waals surface area contributed by atoms with Crippen LogP contribution < -0.4 is 15.8 Å². The van der Waals surface area contributed by atoms with E-state index in [2.05, 4.69) is 27.5 Å². The van der Waals surface area contributed by atoms with Crippen LogP contribution >= 0.6 is 35.3 Å². The van der Waals surface area contributed by atoms with Gasteiger partial charge in [0.15, 0.2) is 5.96 Å². The number of rotatable bonds is 8. The zero-order chi connectivity index (χ0) is 21.6. The maximum absolute atomic E-state index is 11.4. The fraction of sp³-hybridized carbons (Fsp3) is 0.300. The van der Waals surface area contributed by atoms with Crippen LogP contribution in [-0.2, 0) is 29.5 Å². The van der Waals surface area contributed by atoms with Crippen molar-refractivity contribution in [1.82, 2.24) is 15.6 Å². The number of aryl methyl sites for hydroxylation is 2. The molecule has 4 N–H and O–H groups in total. The van der Waals surface area contributed by atoms with Crippen molar-refractivity contribution >= 4 is 51.3 Å². The lowest BCUT2D eigenvalue weighted by molar-refractivity contribution is 0.506. The quantitative estimate of drug-likeness (QED) is 0.216. The van der Waals surface area contributed by atoms with E-state index in [-0.39, 0.29) is 28.9 Å². The van der Waals surface area contributed by atoms with Crippen LogP contribution in [0.3, 0.4) is 0 Å². The predicted molar refractivity (Wildman–Crippen MR) is 133 cm³/mol. The van der Waals surface area contributed by atoms with Gasteiger partial charge in [-0.25, -0.2) is 23.5 Å². The van der Waals surface area contributed by atoms with Crippen LogP contribution in [-0.4, -0.2) is 25.9 Å². The van der Waals surface area contributed by atoms with Crippen LogP contribution in [0.4, 0.5) is 0 Å². The summed E-state index contributed by atoms with van der Waals surface area (Å²) >= 11 is 1.66. The zero-order valence-corrected chi connectivity index (χ0v) is 21.3. The molecule has 11 heteroatoms. The van der Waals surface area contributed by atoms with E-state index in [0.717, 1.165) is 28.4 Å². The molecule has 0 aliphatic carbocycles. The minimum atomic E-state index is -3.70. The van der Waals surface area contributed by atoms with Crippen molar-refractivity contribution in [3.63, 3.8) is 0 Å². The lowest BCUT2D eigenvalue weighted by Gasteiger charge is -2.11. The van der Waals surface area contributed by atoms with Gasteiger partial charge >= 0.3 is 0 Å². The number of primary sulfonamides is 1. The number of guanidine groups is 1. The monoisotopic (exact) mass is 575 g/mol. The smallest absolute Gasteiger partial charge is 0.238 e. The third-order valence-electron chi connectivity index (χ3n) is 4.40. The molecule has 0 saturated heterocycles. The van der Waals surface area contributed by atoms with Crippen molar-refractivity contribution in [2.75, 3.05) is 6.54 Å². The molecule has 0 radical (unpaired) electrons. The Hall–Kier alpha value is -1.96. The molecule has 0 atom stereocenters. The highest BCUT2D eigenvalue weighted by Gasteiger charge is 2.08. The summed E-state index contributed by atoms with van der Waals surface area (Å²) in [5.41, 5.74) is 1.91. The second-order valence-electron chi connectivity index (χ2n) is 6.71. The molecule has 0 unspecified atom stereocenters. The molecule has 2 aromatic heterocycles. The van der Waals surface area contributed by atoms with Gasteiger partial charge in [-0.1, -0.05) is 12.1 Å². The molecule has 0 fully saturated rings. The number of nitrogens with two attached hydrogens (primary N) is 1. The third kappa shape index (κ3) is 7.91. The number of furan rings is 1. The molecule has 31 heavy (non-hydrogen) atoms. The molecular weight excluding hydrogens is 549 g/mol. The fourth-order valence-electron chi connectivity index (χ4n) is 2.66. The van der Waals surface area contributed by atoms with Crippen LogP contribution in [0, 0.1) is 13.8 Å². The highest BCUT2D eigenvalue weighted by Crippen LogP contribution is 2.16. The number of benzene rings is 1. The van der Waals surface area contributed by atoms with Gasteiger partial charge in [0.2, 0.25) is 10.0 Å². The van der Waals surface area contributed by atoms with Gasteiger partial charge in [-0.2, -0.15) is 0 Å². The lowest BCUT2D eigenvalue weighted by Crippen LogP contribution is -2.38. The van der Waals surface area contributed by atoms with E-state index in [1.807, 2.05) is 19.1 Å². The van der Waals surface area contributed by atoms with E-state index in [4.69, 9.17) is 9.56 Å². The van der Waals surface area contributed by atoms with Crippen LogP contribution in [0.1, 0.15) is 26.9 Å². The molecule has 0 bridgehead atoms. The van der Waals surface area contributed by atoms with Gasteiger partial charge in [0.25, 0.3) is 0 Å². The summed E-state index contributed by atoms with van der Waals surface area (Å²) in [5.74, 6) is 1.54. The molecule has 0 aliphatic heterocycles. The molecule has 2 heterocycles. The summed E-state index contributed by atoms with van der Waals surface area (Å²) in [4.78, 5) is 10.4. The first-order valence-corrected chi connectivity index (χ1v) is 11.8. The second-order valence-corrected chi connectivity index (χ2v) is 9.56. The van der Waals surface area contributed by atoms with Gasteiger partial charge in [-0.05, 0) is 43.7 Å². The number of halogens is 1. The largest absolute Gasteiger partial charge is 0.469 e. The van der Waals surface area contributed by atoms with Gasteiger partial charge in [-0.15, -0.1) is 35.3 Å². The number of nitrogens with zero attached hydrogens (tertiary/aromatic N) is 2. The first-order chi connectivity index (χ1) is 14.3. The summed E-state index contributed by atoms with van der Waals surface area (Å²) < 4.78 is 28.1. The van der Waals surface area contributed by atoms with Crippen LogP contribution in [0.2, 0.25) is 0 Å². The van der Waals surface area contributed by atoms with Crippen molar-refractivity contribution in [2.24, 2.45) is 10.1 Å². The minimum absolute atomic E-state index is 0. The van der Waals surface area contributed by atoms with E-state index in [1.165, 1.54) is 17.0 Å². The number of hydrogen-bond acceptors (Lipinski definition) is 6. The Labute approximate surface area is 203 Å². The number of aliphatic imine (C=N–C) groups is 1. The average molecular weight is 575 g/mol. The first-order valence-electron chi connectivity index (χ1n) is 9.40. The maximum Gasteiger partial charge on any atom is 0.238 e. The van der Waals surface area contributed by atoms with Crippen molar-refractivity contribution in [2.45, 2.75) is 38.3 Å². The highest BCUT2D eigenvalue weighted by atomic mass is 127. The maximum atomic E-state index is 11.4. The first kappa shape index (κ1) is 25.3. The molecule has 168 valence electrons. The zero-order valence-electron chi connectivity index (χ0n) is 17.3. The third-order valence-corrected chi connectivity index (χ3v) is 6.40. The number of sulfonamides is 1. The molecule has 0 amide bonds. The van der Waals surface area contributed by atoms with Crippen molar-refractivity contribution in [3.8, 4) is 0 Å². The van der Waals surface area contributed by atoms with Gasteiger partial charge in [0.05, 0.1) is 29.9 Å². The van der Waals surface area contributed by atoms with Crippen LogP contribution in [0.25, 0.3) is 0 Å². The van der Waals surface area contributed by atoms with E-state index in [9.17, 15) is 8.42 Å². The Kier molecular flexibility index (Phi) is 9.47. The Morgan fingerprint density at radius 2 is 1.94 bits per heavy atom. The van der Waals surface area contributed by atoms with Crippen LogP contribution in [0.15, 0.2) is 57.0 Å². The van der Waals surface area contributed by atoms with Crippen LogP contribution in [0.5, 0.6) is 0 Å². The molecule has 0 saturated carbocycles. The standard InChI is InChI=1S/C20H25N5O3S2.HI/c1-14-15(2)29-19(25-14)13-24-20(22-10-9-17-4-3-11-28-17)23-12-16-5-7-18(8-6-16)30(21,26)27;/h3-8,11H,9-10,12-13H2,1-2H3,(H2,21,26,27)(H2,22,23,24);1H. The fourth-order valence-corrected chi connectivity index (χ4v) is 4.05. The minimum Gasteiger partial charge on any atom is -0.469 e. The number of hydrogen-bond donors (Lipinski definition) is 3. The lowest BCUT2D eigenvalue weighted by atomic mass is 10.2. The van der Waals surface area contributed by atoms with Crippen molar-refractivity contribution in [1.29, 1.82) is 0 Å². The normalized spacial score (nSPS) is 11.8. The van der Waals surface area contributed by atoms with Gasteiger partial charge < -0.3 is 15.1 Å². The van der Waals surface area contributed by atoms with E-state index in [0.29, 0.717) is 25.6 Å². The topological polar surface area (TPSA) is 123 Å². The Morgan fingerprint density at radius 3 is 2.52 bits per heavy atom. The van der Waals surface area contributed by atoms with E-state index < -0.39 is 10.0 Å². The number of thiazole rings is 1. The predicted octanol–water partition coefficient (Wildman–Crippen LogP) is 3.10. The second kappa shape index (κ2) is 11.6. The average Bonchev–Trinajstić information content (AvgIpc) is 3.33. The summed E-state index contributed by atoms with van der Waals surface area (Å²) in [7, 11) is -3.70. The summed E-state index contributed by atoms with van der Waals surface area (Å²) in [6.45, 7) is 5.66. The molecule has 8 nitrogen and oxygen atoms in total. The molecule has 3 aromatic rings. The molecule has 0 aliphatic rings. The Bertz CT molecular complexity index is 1080. The van der Waals surface area contributed by atoms with Crippen molar-refractivity contribution < 1.29 is 12.8 Å². The molecule has 0 spiro atoms. The van der Waals surface area contributed by atoms with Gasteiger partial charge in [-0.3, -0.25) is 0 Å². The van der Waals surface area contributed by atoms with Gasteiger partial charge in [0, 0.05) is 17.8 Å². The van der Waals surface area contributed by atoms with E-state index in [1.54, 1.807) is 29.7 Å². The highest BCUT2D eigenvalue weighted by molar-refractivity contribution is 14.0. The summed E-state index contributed by atoms with van der Waals surface area (Å²) in [6.07, 6.45) is 2.38. The summed E-state index contributed by atoms with van der Waals surface area (Å²) in [6, 6.07) is 10.2. The summed E-state index contributed by atoms with van der Waals surface area (Å²) in [5, 5.41) is 12.7. The SMILES string of the molecule is Cc1nc(CNC(=NCc2ccc(S(N)(=O)=O)cc2)NCCc2ccco2)sc1C.I.